The van der Waals surface area contributed by atoms with Gasteiger partial charge in [-0.3, -0.25) is 0 Å². The molecule has 4 nitrogen and oxygen atoms in total. The second-order valence-corrected chi connectivity index (χ2v) is 5.02. The molecule has 0 aliphatic heterocycles. The molecule has 0 unspecified atom stereocenters. The summed E-state index contributed by atoms with van der Waals surface area (Å²) in [6, 6.07) is 8.45. The van der Waals surface area contributed by atoms with Crippen molar-refractivity contribution in [3.63, 3.8) is 0 Å². The highest BCUT2D eigenvalue weighted by atomic mass is 79.9. The van der Waals surface area contributed by atoms with E-state index in [1.807, 2.05) is 28.9 Å². The molecule has 0 amide bonds. The van der Waals surface area contributed by atoms with E-state index in [1.165, 1.54) is 0 Å². The van der Waals surface area contributed by atoms with Crippen molar-refractivity contribution in [3.8, 4) is 5.69 Å². The van der Waals surface area contributed by atoms with Crippen LogP contribution >= 0.6 is 15.9 Å². The van der Waals surface area contributed by atoms with E-state index in [2.05, 4.69) is 45.2 Å². The summed E-state index contributed by atoms with van der Waals surface area (Å²) in [7, 11) is 0. The van der Waals surface area contributed by atoms with Gasteiger partial charge in [-0.05, 0) is 24.3 Å². The van der Waals surface area contributed by atoms with Crippen LogP contribution in [0.15, 0.2) is 35.1 Å². The normalized spacial score (nSPS) is 11.1. The maximum Gasteiger partial charge on any atom is 0.146 e. The van der Waals surface area contributed by atoms with Crippen LogP contribution in [0.3, 0.4) is 0 Å². The molecule has 17 heavy (non-hydrogen) atoms. The molecule has 1 aromatic heterocycles. The highest BCUT2D eigenvalue weighted by molar-refractivity contribution is 9.10. The number of aromatic nitrogens is 3. The molecule has 1 N–H and O–H groups in total. The van der Waals surface area contributed by atoms with Crippen molar-refractivity contribution in [2.45, 2.75) is 26.4 Å². The molecule has 0 saturated carbocycles. The summed E-state index contributed by atoms with van der Waals surface area (Å²) in [4.78, 5) is 4.26. The molecule has 2 aromatic rings. The van der Waals surface area contributed by atoms with Gasteiger partial charge in [0.15, 0.2) is 0 Å². The lowest BCUT2D eigenvalue weighted by Gasteiger charge is -2.09. The van der Waals surface area contributed by atoms with Crippen LogP contribution in [0.5, 0.6) is 0 Å². The van der Waals surface area contributed by atoms with Gasteiger partial charge in [-0.1, -0.05) is 29.8 Å². The van der Waals surface area contributed by atoms with E-state index in [0.29, 0.717) is 12.6 Å². The van der Waals surface area contributed by atoms with E-state index < -0.39 is 0 Å². The van der Waals surface area contributed by atoms with E-state index in [-0.39, 0.29) is 0 Å². The van der Waals surface area contributed by atoms with E-state index in [4.69, 9.17) is 0 Å². The van der Waals surface area contributed by atoms with Crippen LogP contribution in [0.25, 0.3) is 5.69 Å². The topological polar surface area (TPSA) is 42.7 Å². The van der Waals surface area contributed by atoms with Crippen molar-refractivity contribution in [3.05, 3.63) is 40.9 Å². The van der Waals surface area contributed by atoms with Gasteiger partial charge in [0.25, 0.3) is 0 Å². The molecule has 1 heterocycles. The fraction of sp³-hybridized carbons (Fsp3) is 0.333. The number of halogens is 1. The van der Waals surface area contributed by atoms with Crippen LogP contribution < -0.4 is 5.32 Å². The van der Waals surface area contributed by atoms with Gasteiger partial charge in [-0.15, -0.1) is 0 Å². The molecule has 0 saturated heterocycles. The van der Waals surface area contributed by atoms with E-state index in [0.717, 1.165) is 16.0 Å². The zero-order valence-corrected chi connectivity index (χ0v) is 11.5. The molecule has 5 heteroatoms. The second kappa shape index (κ2) is 5.42. The van der Waals surface area contributed by atoms with Crippen molar-refractivity contribution < 1.29 is 0 Å². The third-order valence-electron chi connectivity index (χ3n) is 2.36. The Balaban J connectivity index is 2.21. The molecule has 0 radical (unpaired) electrons. The average molecular weight is 295 g/mol. The van der Waals surface area contributed by atoms with Crippen LogP contribution in [0.1, 0.15) is 19.7 Å². The molecule has 2 rings (SSSR count). The van der Waals surface area contributed by atoms with Gasteiger partial charge in [0.1, 0.15) is 12.2 Å². The number of nitrogens with one attached hydrogen (secondary N) is 1. The Hall–Kier alpha value is -1.20. The van der Waals surface area contributed by atoms with Crippen LogP contribution in [0.4, 0.5) is 0 Å². The Labute approximate surface area is 109 Å². The van der Waals surface area contributed by atoms with Gasteiger partial charge in [0.05, 0.1) is 12.2 Å². The summed E-state index contributed by atoms with van der Waals surface area (Å²) in [6.45, 7) is 4.94. The van der Waals surface area contributed by atoms with Crippen molar-refractivity contribution in [2.24, 2.45) is 0 Å². The first-order chi connectivity index (χ1) is 8.16. The summed E-state index contributed by atoms with van der Waals surface area (Å²) in [5.74, 6) is 0.918. The maximum absolute atomic E-state index is 4.26. The third-order valence-corrected chi connectivity index (χ3v) is 2.89. The monoisotopic (exact) mass is 294 g/mol. The van der Waals surface area contributed by atoms with Gasteiger partial charge in [-0.2, -0.15) is 5.10 Å². The van der Waals surface area contributed by atoms with Crippen LogP contribution in [0.2, 0.25) is 0 Å². The number of hydrogen-bond donors (Lipinski definition) is 1. The van der Waals surface area contributed by atoms with Gasteiger partial charge < -0.3 is 5.32 Å². The van der Waals surface area contributed by atoms with Crippen molar-refractivity contribution in [2.75, 3.05) is 0 Å². The van der Waals surface area contributed by atoms with Crippen LogP contribution in [-0.2, 0) is 6.54 Å². The Morgan fingerprint density at radius 3 is 2.65 bits per heavy atom. The third kappa shape index (κ3) is 3.14. The molecule has 0 atom stereocenters. The van der Waals surface area contributed by atoms with Gasteiger partial charge in [0, 0.05) is 10.5 Å². The van der Waals surface area contributed by atoms with Crippen LogP contribution in [0, 0.1) is 0 Å². The molecule has 1 aromatic carbocycles. The minimum Gasteiger partial charge on any atom is -0.308 e. The number of nitrogens with zero attached hydrogens (tertiary/aromatic N) is 3. The average Bonchev–Trinajstić information content (AvgIpc) is 2.75. The standard InChI is InChI=1S/C12H15BrN4/c1-9(2)14-7-12-15-8-16-17(12)11-5-3-10(13)4-6-11/h3-6,8-9,14H,7H2,1-2H3. The number of benzene rings is 1. The molecular weight excluding hydrogens is 280 g/mol. The molecule has 0 aliphatic carbocycles. The summed E-state index contributed by atoms with van der Waals surface area (Å²) in [5.41, 5.74) is 1.02. The first kappa shape index (κ1) is 12.3. The van der Waals surface area contributed by atoms with E-state index in [1.54, 1.807) is 6.33 Å². The zero-order chi connectivity index (χ0) is 12.3. The van der Waals surface area contributed by atoms with Crippen molar-refractivity contribution in [1.82, 2.24) is 20.1 Å². The molecular formula is C12H15BrN4. The highest BCUT2D eigenvalue weighted by Gasteiger charge is 2.06. The Morgan fingerprint density at radius 2 is 2.00 bits per heavy atom. The quantitative estimate of drug-likeness (QED) is 0.942. The highest BCUT2D eigenvalue weighted by Crippen LogP contribution is 2.14. The predicted octanol–water partition coefficient (Wildman–Crippen LogP) is 2.53. The molecule has 0 fully saturated rings. The minimum atomic E-state index is 0.435. The van der Waals surface area contributed by atoms with Gasteiger partial charge >= 0.3 is 0 Å². The predicted molar refractivity (Wildman–Crippen MR) is 71.0 cm³/mol. The van der Waals surface area contributed by atoms with Gasteiger partial charge in [0.2, 0.25) is 0 Å². The lowest BCUT2D eigenvalue weighted by Crippen LogP contribution is -2.24. The second-order valence-electron chi connectivity index (χ2n) is 4.10. The fourth-order valence-electron chi connectivity index (χ4n) is 1.48. The smallest absolute Gasteiger partial charge is 0.146 e. The molecule has 0 aliphatic rings. The van der Waals surface area contributed by atoms with Crippen LogP contribution in [-0.4, -0.2) is 20.8 Å². The van der Waals surface area contributed by atoms with Crippen molar-refractivity contribution >= 4 is 15.9 Å². The van der Waals surface area contributed by atoms with E-state index >= 15 is 0 Å². The summed E-state index contributed by atoms with van der Waals surface area (Å²) in [6.07, 6.45) is 1.58. The number of rotatable bonds is 4. The molecule has 0 bridgehead atoms. The lowest BCUT2D eigenvalue weighted by molar-refractivity contribution is 0.563. The Kier molecular flexibility index (Phi) is 3.91. The van der Waals surface area contributed by atoms with E-state index in [9.17, 15) is 0 Å². The fourth-order valence-corrected chi connectivity index (χ4v) is 1.74. The van der Waals surface area contributed by atoms with Crippen molar-refractivity contribution in [1.29, 1.82) is 0 Å². The first-order valence-corrected chi connectivity index (χ1v) is 6.34. The minimum absolute atomic E-state index is 0.435. The summed E-state index contributed by atoms with van der Waals surface area (Å²) in [5, 5.41) is 7.58. The Bertz CT molecular complexity index is 476. The lowest BCUT2D eigenvalue weighted by atomic mass is 10.3. The summed E-state index contributed by atoms with van der Waals surface area (Å²) < 4.78 is 2.91. The molecule has 90 valence electrons. The largest absolute Gasteiger partial charge is 0.308 e. The van der Waals surface area contributed by atoms with Gasteiger partial charge in [-0.25, -0.2) is 9.67 Å². The zero-order valence-electron chi connectivity index (χ0n) is 9.89. The summed E-state index contributed by atoms with van der Waals surface area (Å²) >= 11 is 3.42. The maximum atomic E-state index is 4.26. The Morgan fingerprint density at radius 1 is 1.29 bits per heavy atom. The SMILES string of the molecule is CC(C)NCc1ncnn1-c1ccc(Br)cc1. The number of hydrogen-bond acceptors (Lipinski definition) is 3. The first-order valence-electron chi connectivity index (χ1n) is 5.55. The molecule has 0 spiro atoms.